The Morgan fingerprint density at radius 1 is 1.06 bits per heavy atom. The summed E-state index contributed by atoms with van der Waals surface area (Å²) >= 11 is 0. The van der Waals surface area contributed by atoms with Crippen molar-refractivity contribution in [2.24, 2.45) is 0 Å². The molecule has 16 heavy (non-hydrogen) atoms. The van der Waals surface area contributed by atoms with Gasteiger partial charge in [-0.15, -0.1) is 0 Å². The first-order chi connectivity index (χ1) is 7.51. The van der Waals surface area contributed by atoms with Gasteiger partial charge in [0.05, 0.1) is 11.1 Å². The Kier molecular flexibility index (Phi) is 3.20. The van der Waals surface area contributed by atoms with Crippen molar-refractivity contribution in [2.45, 2.75) is 0 Å². The van der Waals surface area contributed by atoms with Crippen molar-refractivity contribution >= 4 is 24.3 Å². The zero-order valence-electron chi connectivity index (χ0n) is 8.14. The van der Waals surface area contributed by atoms with E-state index in [1.807, 2.05) is 0 Å². The molecule has 0 unspecified atom stereocenters. The van der Waals surface area contributed by atoms with E-state index < -0.39 is 11.9 Å². The Labute approximate surface area is 90.6 Å². The fourth-order valence-corrected chi connectivity index (χ4v) is 1.27. The van der Waals surface area contributed by atoms with Crippen LogP contribution in [0, 0.1) is 0 Å². The molecule has 0 amide bonds. The quantitative estimate of drug-likeness (QED) is 0.751. The van der Waals surface area contributed by atoms with E-state index in [4.69, 9.17) is 10.2 Å². The third-order valence-corrected chi connectivity index (χ3v) is 2.03. The number of benzene rings is 1. The standard InChI is InChI=1S/C11H8O5/c1-2-6-3-9(11(15)16)7(5-12)4-8(6)10(13)14/h2-5H,1H2,(H,13,14)(H,15,16). The van der Waals surface area contributed by atoms with Crippen molar-refractivity contribution < 1.29 is 24.6 Å². The summed E-state index contributed by atoms with van der Waals surface area (Å²) in [7, 11) is 0. The van der Waals surface area contributed by atoms with Gasteiger partial charge in [-0.05, 0) is 17.7 Å². The van der Waals surface area contributed by atoms with E-state index in [0.29, 0.717) is 6.29 Å². The van der Waals surface area contributed by atoms with Gasteiger partial charge in [-0.1, -0.05) is 12.7 Å². The van der Waals surface area contributed by atoms with Crippen LogP contribution >= 0.6 is 0 Å². The molecule has 0 atom stereocenters. The van der Waals surface area contributed by atoms with Crippen LogP contribution in [0.3, 0.4) is 0 Å². The van der Waals surface area contributed by atoms with Gasteiger partial charge in [0.15, 0.2) is 6.29 Å². The predicted octanol–water partition coefficient (Wildman–Crippen LogP) is 1.54. The highest BCUT2D eigenvalue weighted by Gasteiger charge is 2.16. The Balaban J connectivity index is 3.58. The summed E-state index contributed by atoms with van der Waals surface area (Å²) in [6.45, 7) is 3.39. The van der Waals surface area contributed by atoms with Gasteiger partial charge in [0.25, 0.3) is 0 Å². The summed E-state index contributed by atoms with van der Waals surface area (Å²) in [5.74, 6) is -2.53. The molecule has 0 heterocycles. The molecule has 0 saturated carbocycles. The van der Waals surface area contributed by atoms with Crippen molar-refractivity contribution in [1.29, 1.82) is 0 Å². The second kappa shape index (κ2) is 4.39. The molecule has 0 aliphatic rings. The van der Waals surface area contributed by atoms with Gasteiger partial charge in [0, 0.05) is 5.56 Å². The van der Waals surface area contributed by atoms with Gasteiger partial charge in [-0.25, -0.2) is 9.59 Å². The fourth-order valence-electron chi connectivity index (χ4n) is 1.27. The van der Waals surface area contributed by atoms with Crippen molar-refractivity contribution in [2.75, 3.05) is 0 Å². The predicted molar refractivity (Wildman–Crippen MR) is 55.8 cm³/mol. The van der Waals surface area contributed by atoms with E-state index in [1.54, 1.807) is 0 Å². The van der Waals surface area contributed by atoms with Gasteiger partial charge in [0.1, 0.15) is 0 Å². The minimum absolute atomic E-state index is 0.151. The average Bonchev–Trinajstić information content (AvgIpc) is 2.26. The SMILES string of the molecule is C=Cc1cc(C(=O)O)c(C=O)cc1C(=O)O. The van der Waals surface area contributed by atoms with Crippen LogP contribution in [0.25, 0.3) is 6.08 Å². The van der Waals surface area contributed by atoms with E-state index in [1.165, 1.54) is 6.08 Å². The van der Waals surface area contributed by atoms with Gasteiger partial charge in [-0.2, -0.15) is 0 Å². The number of aldehydes is 1. The normalized spacial score (nSPS) is 9.50. The fraction of sp³-hybridized carbons (Fsp3) is 0. The first-order valence-corrected chi connectivity index (χ1v) is 4.23. The molecule has 5 heteroatoms. The van der Waals surface area contributed by atoms with Crippen LogP contribution in [0.2, 0.25) is 0 Å². The molecule has 0 bridgehead atoms. The lowest BCUT2D eigenvalue weighted by Crippen LogP contribution is -2.07. The third-order valence-electron chi connectivity index (χ3n) is 2.03. The first-order valence-electron chi connectivity index (χ1n) is 4.23. The number of carboxylic acids is 2. The van der Waals surface area contributed by atoms with E-state index in [9.17, 15) is 14.4 Å². The second-order valence-electron chi connectivity index (χ2n) is 2.96. The topological polar surface area (TPSA) is 91.7 Å². The highest BCUT2D eigenvalue weighted by molar-refractivity contribution is 6.02. The average molecular weight is 220 g/mol. The molecule has 1 aromatic rings. The number of aromatic carboxylic acids is 2. The molecule has 0 fully saturated rings. The van der Waals surface area contributed by atoms with Crippen LogP contribution in [-0.2, 0) is 0 Å². The maximum absolute atomic E-state index is 10.8. The van der Waals surface area contributed by atoms with E-state index in [-0.39, 0.29) is 22.3 Å². The monoisotopic (exact) mass is 220 g/mol. The minimum Gasteiger partial charge on any atom is -0.478 e. The molecule has 0 radical (unpaired) electrons. The van der Waals surface area contributed by atoms with Crippen LogP contribution in [0.1, 0.15) is 36.6 Å². The molecule has 1 rings (SSSR count). The minimum atomic E-state index is -1.29. The zero-order chi connectivity index (χ0) is 12.3. The van der Waals surface area contributed by atoms with Crippen molar-refractivity contribution in [3.05, 3.63) is 41.0 Å². The molecular formula is C11H8O5. The van der Waals surface area contributed by atoms with Gasteiger partial charge < -0.3 is 10.2 Å². The van der Waals surface area contributed by atoms with Crippen LogP contribution < -0.4 is 0 Å². The van der Waals surface area contributed by atoms with Gasteiger partial charge in [0.2, 0.25) is 0 Å². The molecular weight excluding hydrogens is 212 g/mol. The first kappa shape index (κ1) is 11.6. The largest absolute Gasteiger partial charge is 0.478 e. The Morgan fingerprint density at radius 3 is 1.88 bits per heavy atom. The number of rotatable bonds is 4. The lowest BCUT2D eigenvalue weighted by Gasteiger charge is -2.05. The molecule has 82 valence electrons. The Hall–Kier alpha value is -2.43. The van der Waals surface area contributed by atoms with E-state index in [2.05, 4.69) is 6.58 Å². The van der Waals surface area contributed by atoms with Crippen molar-refractivity contribution in [1.82, 2.24) is 0 Å². The van der Waals surface area contributed by atoms with Crippen molar-refractivity contribution in [3.63, 3.8) is 0 Å². The summed E-state index contributed by atoms with van der Waals surface area (Å²) in [5, 5.41) is 17.6. The lowest BCUT2D eigenvalue weighted by molar-refractivity contribution is 0.0679. The molecule has 0 aromatic heterocycles. The van der Waals surface area contributed by atoms with E-state index >= 15 is 0 Å². The molecule has 0 aliphatic heterocycles. The molecule has 5 nitrogen and oxygen atoms in total. The summed E-state index contributed by atoms with van der Waals surface area (Å²) in [6.07, 6.45) is 1.53. The second-order valence-corrected chi connectivity index (χ2v) is 2.96. The van der Waals surface area contributed by atoms with Crippen LogP contribution in [0.15, 0.2) is 18.7 Å². The number of hydrogen-bond acceptors (Lipinski definition) is 3. The molecule has 0 aliphatic carbocycles. The zero-order valence-corrected chi connectivity index (χ0v) is 8.14. The number of carbonyl (C=O) groups excluding carboxylic acids is 1. The Morgan fingerprint density at radius 2 is 1.50 bits per heavy atom. The highest BCUT2D eigenvalue weighted by atomic mass is 16.4. The number of hydrogen-bond donors (Lipinski definition) is 2. The van der Waals surface area contributed by atoms with Gasteiger partial charge >= 0.3 is 11.9 Å². The molecule has 0 spiro atoms. The van der Waals surface area contributed by atoms with Gasteiger partial charge in [-0.3, -0.25) is 4.79 Å². The molecule has 2 N–H and O–H groups in total. The number of carboxylic acid groups (broad SMARTS) is 2. The summed E-state index contributed by atoms with van der Waals surface area (Å²) < 4.78 is 0. The maximum Gasteiger partial charge on any atom is 0.336 e. The highest BCUT2D eigenvalue weighted by Crippen LogP contribution is 2.17. The summed E-state index contributed by atoms with van der Waals surface area (Å²) in [5.41, 5.74) is -0.400. The smallest absolute Gasteiger partial charge is 0.336 e. The molecule has 1 aromatic carbocycles. The van der Waals surface area contributed by atoms with Crippen LogP contribution in [0.5, 0.6) is 0 Å². The Bertz CT molecular complexity index is 442. The molecule has 0 saturated heterocycles. The van der Waals surface area contributed by atoms with Crippen LogP contribution in [0.4, 0.5) is 0 Å². The maximum atomic E-state index is 10.8. The summed E-state index contributed by atoms with van der Waals surface area (Å²) in [4.78, 5) is 32.2. The summed E-state index contributed by atoms with van der Waals surface area (Å²) in [6, 6.07) is 2.14. The van der Waals surface area contributed by atoms with Crippen LogP contribution in [-0.4, -0.2) is 28.4 Å². The van der Waals surface area contributed by atoms with E-state index in [0.717, 1.165) is 12.1 Å². The number of carbonyl (C=O) groups is 3. The lowest BCUT2D eigenvalue weighted by atomic mass is 9.99. The third kappa shape index (κ3) is 1.98. The van der Waals surface area contributed by atoms with Crippen molar-refractivity contribution in [3.8, 4) is 0 Å².